The van der Waals surface area contributed by atoms with Gasteiger partial charge < -0.3 is 4.74 Å². The van der Waals surface area contributed by atoms with Crippen LogP contribution in [0.4, 0.5) is 4.39 Å². The van der Waals surface area contributed by atoms with Crippen LogP contribution in [0.15, 0.2) is 42.5 Å². The van der Waals surface area contributed by atoms with Gasteiger partial charge in [-0.2, -0.15) is 0 Å². The average molecular weight is 286 g/mol. The summed E-state index contributed by atoms with van der Waals surface area (Å²) in [7, 11) is 1.59. The van der Waals surface area contributed by atoms with Gasteiger partial charge in [-0.15, -0.1) is 0 Å². The highest BCUT2D eigenvalue weighted by atomic mass is 19.1. The third kappa shape index (κ3) is 2.64. The van der Waals surface area contributed by atoms with E-state index in [1.807, 2.05) is 0 Å². The van der Waals surface area contributed by atoms with Gasteiger partial charge in [0, 0.05) is 5.56 Å². The van der Waals surface area contributed by atoms with E-state index in [2.05, 4.69) is 29.7 Å². The largest absolute Gasteiger partial charge is 0.496 e. The molecular formula is C17H19FN2O. The highest BCUT2D eigenvalue weighted by Gasteiger charge is 2.30. The minimum absolute atomic E-state index is 0.136. The Bertz CT molecular complexity index is 619. The van der Waals surface area contributed by atoms with Crippen LogP contribution in [-0.4, -0.2) is 7.11 Å². The topological polar surface area (TPSA) is 47.3 Å². The lowest BCUT2D eigenvalue weighted by Crippen LogP contribution is -2.34. The molecule has 2 aromatic rings. The first-order valence-corrected chi connectivity index (χ1v) is 7.09. The monoisotopic (exact) mass is 286 g/mol. The molecule has 0 heterocycles. The van der Waals surface area contributed by atoms with Crippen LogP contribution in [0, 0.1) is 11.7 Å². The second kappa shape index (κ2) is 5.84. The van der Waals surface area contributed by atoms with Gasteiger partial charge in [0.25, 0.3) is 0 Å². The predicted molar refractivity (Wildman–Crippen MR) is 80.4 cm³/mol. The zero-order chi connectivity index (χ0) is 14.8. The van der Waals surface area contributed by atoms with Gasteiger partial charge in [-0.1, -0.05) is 24.3 Å². The molecule has 0 aliphatic heterocycles. The van der Waals surface area contributed by atoms with E-state index in [1.165, 1.54) is 23.3 Å². The SMILES string of the molecule is COc1ccc(F)cc1C(NN)C1Cc2ccccc2C1. The highest BCUT2D eigenvalue weighted by Crippen LogP contribution is 2.38. The van der Waals surface area contributed by atoms with Crippen LogP contribution in [0.25, 0.3) is 0 Å². The highest BCUT2D eigenvalue weighted by molar-refractivity contribution is 5.39. The molecule has 0 amide bonds. The van der Waals surface area contributed by atoms with Crippen molar-refractivity contribution in [3.63, 3.8) is 0 Å². The fourth-order valence-electron chi connectivity index (χ4n) is 3.26. The summed E-state index contributed by atoms with van der Waals surface area (Å²) in [6, 6.07) is 12.8. The van der Waals surface area contributed by atoms with Crippen LogP contribution >= 0.6 is 0 Å². The van der Waals surface area contributed by atoms with E-state index < -0.39 is 0 Å². The standard InChI is InChI=1S/C17H19FN2O/c1-21-16-7-6-14(18)10-15(16)17(20-19)13-8-11-4-2-3-5-12(11)9-13/h2-7,10,13,17,20H,8-9,19H2,1H3. The van der Waals surface area contributed by atoms with Crippen LogP contribution in [0.5, 0.6) is 5.75 Å². The van der Waals surface area contributed by atoms with E-state index in [-0.39, 0.29) is 11.9 Å². The summed E-state index contributed by atoms with van der Waals surface area (Å²) in [5, 5.41) is 0. The Kier molecular flexibility index (Phi) is 3.90. The first kappa shape index (κ1) is 14.0. The summed E-state index contributed by atoms with van der Waals surface area (Å²) in [6.45, 7) is 0. The maximum absolute atomic E-state index is 13.6. The molecule has 0 spiro atoms. The number of benzene rings is 2. The number of hydrogen-bond donors (Lipinski definition) is 2. The summed E-state index contributed by atoms with van der Waals surface area (Å²) < 4.78 is 19.0. The minimum Gasteiger partial charge on any atom is -0.496 e. The van der Waals surface area contributed by atoms with Gasteiger partial charge in [0.15, 0.2) is 0 Å². The summed E-state index contributed by atoms with van der Waals surface area (Å²) in [4.78, 5) is 0. The molecule has 2 aromatic carbocycles. The molecule has 0 fully saturated rings. The number of fused-ring (bicyclic) bond motifs is 1. The van der Waals surface area contributed by atoms with Crippen LogP contribution in [0.1, 0.15) is 22.7 Å². The molecule has 1 aliphatic carbocycles. The van der Waals surface area contributed by atoms with Gasteiger partial charge in [-0.3, -0.25) is 11.3 Å². The second-order valence-electron chi connectivity index (χ2n) is 5.47. The van der Waals surface area contributed by atoms with Gasteiger partial charge >= 0.3 is 0 Å². The van der Waals surface area contributed by atoms with Crippen LogP contribution in [0.3, 0.4) is 0 Å². The lowest BCUT2D eigenvalue weighted by Gasteiger charge is -2.24. The number of rotatable bonds is 4. The molecule has 0 aromatic heterocycles. The Labute approximate surface area is 123 Å². The van der Waals surface area contributed by atoms with Crippen molar-refractivity contribution in [2.75, 3.05) is 7.11 Å². The Hall–Kier alpha value is -1.91. The third-order valence-corrected chi connectivity index (χ3v) is 4.26. The van der Waals surface area contributed by atoms with Crippen molar-refractivity contribution in [3.8, 4) is 5.75 Å². The van der Waals surface area contributed by atoms with E-state index in [0.717, 1.165) is 18.4 Å². The zero-order valence-electron chi connectivity index (χ0n) is 12.0. The maximum Gasteiger partial charge on any atom is 0.123 e. The molecule has 1 aliphatic rings. The minimum atomic E-state index is -0.276. The number of hydrogen-bond acceptors (Lipinski definition) is 3. The van der Waals surface area contributed by atoms with E-state index in [1.54, 1.807) is 13.2 Å². The normalized spacial score (nSPS) is 15.8. The smallest absolute Gasteiger partial charge is 0.123 e. The second-order valence-corrected chi connectivity index (χ2v) is 5.47. The average Bonchev–Trinajstić information content (AvgIpc) is 2.92. The predicted octanol–water partition coefficient (Wildman–Crippen LogP) is 2.75. The zero-order valence-corrected chi connectivity index (χ0v) is 12.0. The molecule has 4 heteroatoms. The van der Waals surface area contributed by atoms with Crippen LogP contribution < -0.4 is 16.0 Å². The van der Waals surface area contributed by atoms with Crippen molar-refractivity contribution in [2.24, 2.45) is 11.8 Å². The Morgan fingerprint density at radius 1 is 1.19 bits per heavy atom. The Morgan fingerprint density at radius 3 is 2.43 bits per heavy atom. The quantitative estimate of drug-likeness (QED) is 0.671. The van der Waals surface area contributed by atoms with E-state index in [9.17, 15) is 4.39 Å². The van der Waals surface area contributed by atoms with Crippen LogP contribution in [-0.2, 0) is 12.8 Å². The maximum atomic E-state index is 13.6. The molecule has 3 N–H and O–H groups in total. The van der Waals surface area contributed by atoms with E-state index >= 15 is 0 Å². The molecular weight excluding hydrogens is 267 g/mol. The van der Waals surface area contributed by atoms with Crippen molar-refractivity contribution in [1.29, 1.82) is 0 Å². The molecule has 110 valence electrons. The molecule has 21 heavy (non-hydrogen) atoms. The number of nitrogens with one attached hydrogen (secondary N) is 1. The molecule has 3 nitrogen and oxygen atoms in total. The Morgan fingerprint density at radius 2 is 1.86 bits per heavy atom. The molecule has 1 atom stereocenters. The van der Waals surface area contributed by atoms with Crippen molar-refractivity contribution in [2.45, 2.75) is 18.9 Å². The lowest BCUT2D eigenvalue weighted by molar-refractivity contribution is 0.350. The number of methoxy groups -OCH3 is 1. The summed E-state index contributed by atoms with van der Waals surface area (Å²) in [5.74, 6) is 6.45. The molecule has 1 unspecified atom stereocenters. The van der Waals surface area contributed by atoms with Crippen LogP contribution in [0.2, 0.25) is 0 Å². The first-order chi connectivity index (χ1) is 10.2. The van der Waals surface area contributed by atoms with Gasteiger partial charge in [-0.25, -0.2) is 4.39 Å². The van der Waals surface area contributed by atoms with Gasteiger partial charge in [-0.05, 0) is 48.1 Å². The van der Waals surface area contributed by atoms with Gasteiger partial charge in [0.05, 0.1) is 13.2 Å². The molecule has 3 rings (SSSR count). The van der Waals surface area contributed by atoms with Crippen molar-refractivity contribution >= 4 is 0 Å². The van der Waals surface area contributed by atoms with Crippen molar-refractivity contribution < 1.29 is 9.13 Å². The lowest BCUT2D eigenvalue weighted by atomic mass is 9.90. The molecule has 0 bridgehead atoms. The number of nitrogens with two attached hydrogens (primary N) is 1. The van der Waals surface area contributed by atoms with E-state index in [4.69, 9.17) is 10.6 Å². The van der Waals surface area contributed by atoms with Gasteiger partial charge in [0.1, 0.15) is 11.6 Å². The van der Waals surface area contributed by atoms with E-state index in [0.29, 0.717) is 11.7 Å². The number of ether oxygens (including phenoxy) is 1. The van der Waals surface area contributed by atoms with Gasteiger partial charge in [0.2, 0.25) is 0 Å². The summed E-state index contributed by atoms with van der Waals surface area (Å²) in [5.41, 5.74) is 6.32. The van der Waals surface area contributed by atoms with Crippen molar-refractivity contribution in [3.05, 3.63) is 65.0 Å². The fourth-order valence-corrected chi connectivity index (χ4v) is 3.26. The number of halogens is 1. The summed E-state index contributed by atoms with van der Waals surface area (Å²) >= 11 is 0. The Balaban J connectivity index is 1.92. The fraction of sp³-hybridized carbons (Fsp3) is 0.294. The molecule has 0 radical (unpaired) electrons. The molecule has 0 saturated carbocycles. The third-order valence-electron chi connectivity index (χ3n) is 4.26. The first-order valence-electron chi connectivity index (χ1n) is 7.09. The molecule has 0 saturated heterocycles. The summed E-state index contributed by atoms with van der Waals surface area (Å²) in [6.07, 6.45) is 1.87. The van der Waals surface area contributed by atoms with Crippen molar-refractivity contribution in [1.82, 2.24) is 5.43 Å². The number of hydrazine groups is 1.